The van der Waals surface area contributed by atoms with Crippen LogP contribution in [0.15, 0.2) is 88.2 Å². The summed E-state index contributed by atoms with van der Waals surface area (Å²) in [5, 5.41) is 28.4. The highest BCUT2D eigenvalue weighted by Gasteiger charge is 2.18. The number of azo groups is 1. The summed E-state index contributed by atoms with van der Waals surface area (Å²) in [5.41, 5.74) is 3.78. The second-order valence-corrected chi connectivity index (χ2v) is 9.11. The number of halogens is 1. The summed E-state index contributed by atoms with van der Waals surface area (Å²) < 4.78 is 1.88. The van der Waals surface area contributed by atoms with Crippen molar-refractivity contribution in [2.45, 2.75) is 12.1 Å². The van der Waals surface area contributed by atoms with Crippen LogP contribution < -0.4 is 0 Å². The standard InChI is InChI=1S/C25H19ClN6O2S/c1-15-6-8-16(9-7-15)23-30-31-25(32(23)18-12-10-17(26)11-13-18)35-14-21(33)28-29-22-19-4-2-3-5-20(19)27-24(22)34/h2-13,27,34H,14H2,1H3. The first kappa shape index (κ1) is 22.8. The number of para-hydroxylation sites is 1. The Morgan fingerprint density at radius 2 is 1.80 bits per heavy atom. The summed E-state index contributed by atoms with van der Waals surface area (Å²) >= 11 is 7.28. The number of aryl methyl sites for hydroxylation is 1. The van der Waals surface area contributed by atoms with Gasteiger partial charge in [-0.15, -0.1) is 20.4 Å². The summed E-state index contributed by atoms with van der Waals surface area (Å²) in [6, 6.07) is 22.5. The topological polar surface area (TPSA) is 109 Å². The molecule has 5 aromatic rings. The number of aromatic hydroxyl groups is 1. The Balaban J connectivity index is 1.40. The molecule has 0 saturated heterocycles. The zero-order valence-corrected chi connectivity index (χ0v) is 20.1. The Bertz CT molecular complexity index is 1540. The second-order valence-electron chi connectivity index (χ2n) is 7.73. The molecule has 0 aliphatic carbocycles. The van der Waals surface area contributed by atoms with E-state index in [1.54, 1.807) is 24.3 Å². The Morgan fingerprint density at radius 1 is 1.06 bits per heavy atom. The molecule has 2 heterocycles. The molecule has 1 amide bonds. The van der Waals surface area contributed by atoms with E-state index in [2.05, 4.69) is 25.4 Å². The lowest BCUT2D eigenvalue weighted by molar-refractivity contribution is -0.115. The Hall–Kier alpha value is -3.95. The van der Waals surface area contributed by atoms with Crippen LogP contribution >= 0.6 is 23.4 Å². The number of fused-ring (bicyclic) bond motifs is 1. The molecule has 2 N–H and O–H groups in total. The lowest BCUT2D eigenvalue weighted by Crippen LogP contribution is -2.02. The highest BCUT2D eigenvalue weighted by molar-refractivity contribution is 7.99. The van der Waals surface area contributed by atoms with Crippen LogP contribution in [0, 0.1) is 6.92 Å². The van der Waals surface area contributed by atoms with Crippen LogP contribution in [-0.2, 0) is 4.79 Å². The van der Waals surface area contributed by atoms with Crippen molar-refractivity contribution in [3.63, 3.8) is 0 Å². The van der Waals surface area contributed by atoms with Crippen molar-refractivity contribution in [3.8, 4) is 23.0 Å². The highest BCUT2D eigenvalue weighted by Crippen LogP contribution is 2.35. The molecule has 10 heteroatoms. The summed E-state index contributed by atoms with van der Waals surface area (Å²) in [6.07, 6.45) is 0. The maximum atomic E-state index is 12.5. The fourth-order valence-corrected chi connectivity index (χ4v) is 4.41. The van der Waals surface area contributed by atoms with Crippen molar-refractivity contribution in [1.29, 1.82) is 0 Å². The molecule has 0 aliphatic heterocycles. The van der Waals surface area contributed by atoms with Gasteiger partial charge in [-0.25, -0.2) is 0 Å². The van der Waals surface area contributed by atoms with Crippen molar-refractivity contribution < 1.29 is 9.90 Å². The van der Waals surface area contributed by atoms with Gasteiger partial charge < -0.3 is 10.1 Å². The number of hydrogen-bond acceptors (Lipinski definition) is 6. The largest absolute Gasteiger partial charge is 0.493 e. The molecule has 0 fully saturated rings. The van der Waals surface area contributed by atoms with Gasteiger partial charge in [-0.3, -0.25) is 9.36 Å². The number of hydrogen-bond donors (Lipinski definition) is 2. The van der Waals surface area contributed by atoms with E-state index in [0.29, 0.717) is 26.9 Å². The van der Waals surface area contributed by atoms with Gasteiger partial charge in [0.2, 0.25) is 5.88 Å². The molecule has 0 spiro atoms. The first-order valence-corrected chi connectivity index (χ1v) is 12.0. The molecule has 0 bridgehead atoms. The fraction of sp³-hybridized carbons (Fsp3) is 0.0800. The fourth-order valence-electron chi connectivity index (χ4n) is 3.55. The molecule has 2 aromatic heterocycles. The van der Waals surface area contributed by atoms with Crippen molar-refractivity contribution in [3.05, 3.63) is 83.4 Å². The molecule has 3 aromatic carbocycles. The quantitative estimate of drug-likeness (QED) is 0.204. The van der Waals surface area contributed by atoms with Gasteiger partial charge in [0.15, 0.2) is 16.7 Å². The molecule has 0 aliphatic rings. The third kappa shape index (κ3) is 4.82. The number of thioether (sulfide) groups is 1. The molecule has 35 heavy (non-hydrogen) atoms. The summed E-state index contributed by atoms with van der Waals surface area (Å²) in [6.45, 7) is 2.02. The van der Waals surface area contributed by atoms with Crippen LogP contribution in [0.2, 0.25) is 5.02 Å². The smallest absolute Gasteiger partial charge is 0.275 e. The maximum Gasteiger partial charge on any atom is 0.275 e. The molecular formula is C25H19ClN6O2S. The normalized spacial score (nSPS) is 11.5. The third-order valence-electron chi connectivity index (χ3n) is 5.27. The van der Waals surface area contributed by atoms with E-state index in [0.717, 1.165) is 16.8 Å². The Kier molecular flexibility index (Phi) is 6.35. The molecule has 0 unspecified atom stereocenters. The molecule has 174 valence electrons. The summed E-state index contributed by atoms with van der Waals surface area (Å²) in [7, 11) is 0. The number of nitrogens with zero attached hydrogens (tertiary/aromatic N) is 5. The minimum atomic E-state index is -0.470. The minimum Gasteiger partial charge on any atom is -0.493 e. The number of aromatic amines is 1. The van der Waals surface area contributed by atoms with Gasteiger partial charge in [0.05, 0.1) is 11.3 Å². The van der Waals surface area contributed by atoms with Gasteiger partial charge in [-0.2, -0.15) is 0 Å². The Labute approximate surface area is 209 Å². The number of nitrogens with one attached hydrogen (secondary N) is 1. The zero-order chi connectivity index (χ0) is 24.4. The molecule has 5 rings (SSSR count). The van der Waals surface area contributed by atoms with Gasteiger partial charge in [-0.1, -0.05) is 71.4 Å². The first-order chi connectivity index (χ1) is 17.0. The number of carbonyl (C=O) groups is 1. The number of amides is 1. The van der Waals surface area contributed by atoms with Crippen molar-refractivity contribution >= 4 is 45.9 Å². The van der Waals surface area contributed by atoms with Gasteiger partial charge in [0.1, 0.15) is 0 Å². The predicted molar refractivity (Wildman–Crippen MR) is 137 cm³/mol. The van der Waals surface area contributed by atoms with Crippen molar-refractivity contribution in [2.75, 3.05) is 5.75 Å². The molecule has 8 nitrogen and oxygen atoms in total. The van der Waals surface area contributed by atoms with Crippen LogP contribution in [0.3, 0.4) is 0 Å². The number of benzene rings is 3. The van der Waals surface area contributed by atoms with Gasteiger partial charge in [-0.05, 0) is 37.3 Å². The monoisotopic (exact) mass is 502 g/mol. The van der Waals surface area contributed by atoms with Crippen LogP contribution in [0.4, 0.5) is 5.69 Å². The van der Waals surface area contributed by atoms with Crippen LogP contribution in [0.1, 0.15) is 5.56 Å². The summed E-state index contributed by atoms with van der Waals surface area (Å²) in [4.78, 5) is 15.3. The van der Waals surface area contributed by atoms with E-state index in [1.807, 2.05) is 60.0 Å². The SMILES string of the molecule is Cc1ccc(-c2nnc(SCC(=O)N=Nc3c(O)[nH]c4ccccc34)n2-c2ccc(Cl)cc2)cc1. The van der Waals surface area contributed by atoms with E-state index in [9.17, 15) is 9.90 Å². The zero-order valence-electron chi connectivity index (χ0n) is 18.5. The van der Waals surface area contributed by atoms with E-state index in [1.165, 1.54) is 11.8 Å². The van der Waals surface area contributed by atoms with Crippen molar-refractivity contribution in [1.82, 2.24) is 19.7 Å². The highest BCUT2D eigenvalue weighted by atomic mass is 35.5. The first-order valence-electron chi connectivity index (χ1n) is 10.6. The van der Waals surface area contributed by atoms with E-state index in [4.69, 9.17) is 11.6 Å². The second kappa shape index (κ2) is 9.73. The predicted octanol–water partition coefficient (Wildman–Crippen LogP) is 6.49. The molecular weight excluding hydrogens is 484 g/mol. The van der Waals surface area contributed by atoms with Crippen LogP contribution in [-0.4, -0.2) is 36.5 Å². The third-order valence-corrected chi connectivity index (χ3v) is 6.44. The number of H-pyrrole nitrogens is 1. The lowest BCUT2D eigenvalue weighted by Gasteiger charge is -2.10. The van der Waals surface area contributed by atoms with Gasteiger partial charge in [0, 0.05) is 21.7 Å². The van der Waals surface area contributed by atoms with Crippen LogP contribution in [0.5, 0.6) is 5.88 Å². The molecule has 0 radical (unpaired) electrons. The average molecular weight is 503 g/mol. The van der Waals surface area contributed by atoms with Crippen molar-refractivity contribution in [2.24, 2.45) is 10.2 Å². The lowest BCUT2D eigenvalue weighted by atomic mass is 10.1. The van der Waals surface area contributed by atoms with Gasteiger partial charge >= 0.3 is 0 Å². The minimum absolute atomic E-state index is 0.00770. The van der Waals surface area contributed by atoms with E-state index < -0.39 is 5.91 Å². The molecule has 0 saturated carbocycles. The number of rotatable bonds is 6. The van der Waals surface area contributed by atoms with E-state index in [-0.39, 0.29) is 17.3 Å². The van der Waals surface area contributed by atoms with E-state index >= 15 is 0 Å². The molecule has 0 atom stereocenters. The maximum absolute atomic E-state index is 12.5. The Morgan fingerprint density at radius 3 is 2.57 bits per heavy atom. The number of aromatic nitrogens is 4. The van der Waals surface area contributed by atoms with Crippen LogP contribution in [0.25, 0.3) is 28.0 Å². The average Bonchev–Trinajstić information content (AvgIpc) is 3.42. The van der Waals surface area contributed by atoms with Gasteiger partial charge in [0.25, 0.3) is 5.91 Å². The number of carbonyl (C=O) groups excluding carboxylic acids is 1. The summed E-state index contributed by atoms with van der Waals surface area (Å²) in [5.74, 6) is 0.0298.